The molecule has 3 heterocycles. The average Bonchev–Trinajstić information content (AvgIpc) is 3.53. The van der Waals surface area contributed by atoms with Gasteiger partial charge in [0, 0.05) is 56.6 Å². The van der Waals surface area contributed by atoms with E-state index in [0.717, 1.165) is 76.1 Å². The summed E-state index contributed by atoms with van der Waals surface area (Å²) in [5.41, 5.74) is 1.37. The normalized spacial score (nSPS) is 22.6. The zero-order chi connectivity index (χ0) is 31.4. The molecule has 2 saturated heterocycles. The molecule has 1 saturated carbocycles. The van der Waals surface area contributed by atoms with Crippen molar-refractivity contribution in [1.29, 1.82) is 5.26 Å². The Morgan fingerprint density at radius 3 is 2.29 bits per heavy atom. The van der Waals surface area contributed by atoms with Crippen LogP contribution in [0.1, 0.15) is 37.7 Å². The molecule has 10 heteroatoms. The maximum atomic E-state index is 12.9. The van der Waals surface area contributed by atoms with Gasteiger partial charge in [0.05, 0.1) is 21.3 Å². The Bertz CT molecular complexity index is 1600. The molecule has 0 bridgehead atoms. The summed E-state index contributed by atoms with van der Waals surface area (Å²) in [7, 11) is -1.99. The van der Waals surface area contributed by atoms with Crippen molar-refractivity contribution in [3.63, 3.8) is 0 Å². The predicted molar refractivity (Wildman–Crippen MR) is 171 cm³/mol. The molecule has 2 aliphatic heterocycles. The van der Waals surface area contributed by atoms with Gasteiger partial charge < -0.3 is 19.9 Å². The SMILES string of the molecule is CNC(=O)O[C@H]1CCC[C@@H]1[C@](C#N)(c1ccccc1)C1CCN(CC2CN(c3ccc(S(=O)(=O)c4ccncc4)cc3)C2)CC1. The molecule has 3 atom stereocenters. The molecule has 1 amide bonds. The van der Waals surface area contributed by atoms with Crippen LogP contribution in [0.3, 0.4) is 0 Å². The zero-order valence-corrected chi connectivity index (χ0v) is 26.5. The highest BCUT2D eigenvalue weighted by molar-refractivity contribution is 7.91. The second kappa shape index (κ2) is 13.2. The third-order valence-electron chi connectivity index (χ3n) is 10.1. The molecule has 0 radical (unpaired) electrons. The molecule has 236 valence electrons. The molecule has 1 N–H and O–H groups in total. The minimum atomic E-state index is -3.56. The predicted octanol–water partition coefficient (Wildman–Crippen LogP) is 5.05. The summed E-state index contributed by atoms with van der Waals surface area (Å²) in [5, 5.41) is 13.5. The summed E-state index contributed by atoms with van der Waals surface area (Å²) in [5.74, 6) is 0.682. The van der Waals surface area contributed by atoms with Crippen molar-refractivity contribution < 1.29 is 17.9 Å². The van der Waals surface area contributed by atoms with Gasteiger partial charge >= 0.3 is 6.09 Å². The highest BCUT2D eigenvalue weighted by atomic mass is 32.2. The number of carbonyl (C=O) groups excluding carboxylic acids is 1. The van der Waals surface area contributed by atoms with Gasteiger partial charge in [0.1, 0.15) is 6.10 Å². The van der Waals surface area contributed by atoms with E-state index < -0.39 is 21.3 Å². The molecular weight excluding hydrogens is 586 g/mol. The fourth-order valence-corrected chi connectivity index (χ4v) is 9.06. The van der Waals surface area contributed by atoms with Crippen molar-refractivity contribution in [2.45, 2.75) is 53.4 Å². The summed E-state index contributed by atoms with van der Waals surface area (Å²) in [6.07, 6.45) is 6.74. The third kappa shape index (κ3) is 6.16. The van der Waals surface area contributed by atoms with Gasteiger partial charge in [0.2, 0.25) is 9.84 Å². The monoisotopic (exact) mass is 627 g/mol. The third-order valence-corrected chi connectivity index (χ3v) is 11.9. The van der Waals surface area contributed by atoms with E-state index in [4.69, 9.17) is 4.74 Å². The molecule has 0 unspecified atom stereocenters. The largest absolute Gasteiger partial charge is 0.446 e. The number of alkyl carbamates (subject to hydrolysis) is 1. The van der Waals surface area contributed by atoms with Crippen LogP contribution >= 0.6 is 0 Å². The minimum Gasteiger partial charge on any atom is -0.446 e. The lowest BCUT2D eigenvalue weighted by Crippen LogP contribution is -2.54. The number of hydrogen-bond donors (Lipinski definition) is 1. The van der Waals surface area contributed by atoms with E-state index in [0.29, 0.717) is 5.92 Å². The molecule has 9 nitrogen and oxygen atoms in total. The first-order valence-electron chi connectivity index (χ1n) is 15.9. The molecule has 3 fully saturated rings. The number of hydrogen-bond acceptors (Lipinski definition) is 8. The lowest BCUT2D eigenvalue weighted by Gasteiger charge is -2.47. The maximum Gasteiger partial charge on any atom is 0.407 e. The summed E-state index contributed by atoms with van der Waals surface area (Å²) in [4.78, 5) is 21.5. The number of nitrogens with one attached hydrogen (secondary N) is 1. The van der Waals surface area contributed by atoms with Crippen LogP contribution in [0.4, 0.5) is 10.5 Å². The first-order valence-corrected chi connectivity index (χ1v) is 17.4. The number of nitrogens with zero attached hydrogens (tertiary/aromatic N) is 4. The number of sulfone groups is 1. The maximum absolute atomic E-state index is 12.9. The number of piperidine rings is 1. The van der Waals surface area contributed by atoms with Gasteiger partial charge in [-0.2, -0.15) is 5.26 Å². The Kier molecular flexibility index (Phi) is 9.11. The van der Waals surface area contributed by atoms with Crippen molar-refractivity contribution in [3.05, 3.63) is 84.7 Å². The first-order chi connectivity index (χ1) is 21.8. The number of benzene rings is 2. The van der Waals surface area contributed by atoms with Gasteiger partial charge in [-0.15, -0.1) is 0 Å². The van der Waals surface area contributed by atoms with Gasteiger partial charge in [-0.05, 0) is 93.1 Å². The Labute approximate surface area is 266 Å². The van der Waals surface area contributed by atoms with E-state index in [-0.39, 0.29) is 27.7 Å². The Hall–Kier alpha value is -3.94. The molecule has 3 aliphatic rings. The number of aromatic nitrogens is 1. The second-order valence-electron chi connectivity index (χ2n) is 12.6. The summed E-state index contributed by atoms with van der Waals surface area (Å²) in [6.45, 7) is 4.75. The summed E-state index contributed by atoms with van der Waals surface area (Å²) < 4.78 is 31.7. The molecule has 1 aliphatic carbocycles. The molecule has 1 aromatic heterocycles. The highest BCUT2D eigenvalue weighted by Gasteiger charge is 2.53. The molecule has 45 heavy (non-hydrogen) atoms. The minimum absolute atomic E-state index is 0.0370. The van der Waals surface area contributed by atoms with E-state index >= 15 is 0 Å². The van der Waals surface area contributed by atoms with Crippen molar-refractivity contribution in [2.75, 3.05) is 44.7 Å². The van der Waals surface area contributed by atoms with Crippen molar-refractivity contribution in [3.8, 4) is 6.07 Å². The van der Waals surface area contributed by atoms with Crippen LogP contribution in [0.5, 0.6) is 0 Å². The second-order valence-corrected chi connectivity index (χ2v) is 14.6. The number of pyridine rings is 1. The number of likely N-dealkylation sites (tertiary alicyclic amines) is 1. The van der Waals surface area contributed by atoms with Crippen LogP contribution in [0, 0.1) is 29.1 Å². The van der Waals surface area contributed by atoms with Crippen molar-refractivity contribution in [2.24, 2.45) is 17.8 Å². The van der Waals surface area contributed by atoms with E-state index in [1.807, 2.05) is 30.3 Å². The highest BCUT2D eigenvalue weighted by Crippen LogP contribution is 2.51. The van der Waals surface area contributed by atoms with E-state index in [9.17, 15) is 18.5 Å². The van der Waals surface area contributed by atoms with E-state index in [1.54, 1.807) is 19.2 Å². The summed E-state index contributed by atoms with van der Waals surface area (Å²) in [6, 6.07) is 23.2. The van der Waals surface area contributed by atoms with Gasteiger partial charge in [0.15, 0.2) is 0 Å². The number of rotatable bonds is 9. The number of anilines is 1. The Balaban J connectivity index is 1.07. The lowest BCUT2D eigenvalue weighted by molar-refractivity contribution is 0.0307. The van der Waals surface area contributed by atoms with E-state index in [2.05, 4.69) is 38.3 Å². The molecular formula is C35H41N5O4S. The Morgan fingerprint density at radius 1 is 0.978 bits per heavy atom. The molecule has 3 aromatic rings. The molecule has 6 rings (SSSR count). The van der Waals surface area contributed by atoms with Crippen molar-refractivity contribution in [1.82, 2.24) is 15.2 Å². The van der Waals surface area contributed by atoms with Gasteiger partial charge in [-0.1, -0.05) is 30.3 Å². The number of ether oxygens (including phenoxy) is 1. The molecule has 2 aromatic carbocycles. The van der Waals surface area contributed by atoms with Crippen LogP contribution in [0.2, 0.25) is 0 Å². The van der Waals surface area contributed by atoms with Crippen molar-refractivity contribution >= 4 is 21.6 Å². The van der Waals surface area contributed by atoms with Gasteiger partial charge in [-0.25, -0.2) is 13.2 Å². The van der Waals surface area contributed by atoms with Crippen LogP contribution in [-0.2, 0) is 20.0 Å². The van der Waals surface area contributed by atoms with E-state index in [1.165, 1.54) is 24.5 Å². The topological polar surface area (TPSA) is 116 Å². The number of nitriles is 1. The fraction of sp³-hybridized carbons (Fsp3) is 0.457. The van der Waals surface area contributed by atoms with Crippen LogP contribution < -0.4 is 10.2 Å². The number of amides is 1. The standard InChI is InChI=1S/C35H41N5O4S/c1-37-34(41)44-33-9-5-8-32(33)35(25-36,27-6-3-2-4-7-27)28-16-20-39(21-17-28)22-26-23-40(24-26)29-10-12-30(13-11-29)45(42,43)31-14-18-38-19-15-31/h2-4,6-7,10-15,18-19,26,28,32-33H,5,8-9,16-17,20-24H2,1H3,(H,37,41)/t32-,33-,35+/m0/s1. The van der Waals surface area contributed by atoms with Gasteiger partial charge in [-0.3, -0.25) is 4.98 Å². The quantitative estimate of drug-likeness (QED) is 0.351. The first kappa shape index (κ1) is 31.1. The van der Waals surface area contributed by atoms with Crippen LogP contribution in [0.15, 0.2) is 88.9 Å². The van der Waals surface area contributed by atoms with Gasteiger partial charge in [0.25, 0.3) is 0 Å². The Morgan fingerprint density at radius 2 is 1.64 bits per heavy atom. The molecule has 0 spiro atoms. The number of carbonyl (C=O) groups is 1. The summed E-state index contributed by atoms with van der Waals surface area (Å²) >= 11 is 0. The van der Waals surface area contributed by atoms with Crippen LogP contribution in [0.25, 0.3) is 0 Å². The zero-order valence-electron chi connectivity index (χ0n) is 25.7. The fourth-order valence-electron chi connectivity index (χ4n) is 7.81. The average molecular weight is 628 g/mol. The smallest absolute Gasteiger partial charge is 0.407 e. The van der Waals surface area contributed by atoms with Crippen LogP contribution in [-0.4, -0.2) is 70.3 Å². The lowest BCUT2D eigenvalue weighted by atomic mass is 9.59.